The van der Waals surface area contributed by atoms with Crippen LogP contribution in [-0.4, -0.2) is 37.6 Å². The van der Waals surface area contributed by atoms with Gasteiger partial charge in [-0.1, -0.05) is 57.0 Å². The summed E-state index contributed by atoms with van der Waals surface area (Å²) >= 11 is 0. The van der Waals surface area contributed by atoms with Crippen LogP contribution in [0.4, 0.5) is 0 Å². The molecule has 1 aromatic carbocycles. The molecule has 0 radical (unpaired) electrons. The standard InChI is InChI=1S/C19H32N2/c1-4-18-13-9-6-10-14-21(18)16-19(2,15-20-3)17-11-7-5-8-12-17/h5,7-8,11-12,18,20H,4,6,9-10,13-16H2,1-3H3. The zero-order valence-electron chi connectivity index (χ0n) is 14.1. The maximum absolute atomic E-state index is 3.42. The van der Waals surface area contributed by atoms with Crippen molar-refractivity contribution < 1.29 is 0 Å². The van der Waals surface area contributed by atoms with Crippen molar-refractivity contribution in [3.05, 3.63) is 35.9 Å². The van der Waals surface area contributed by atoms with Crippen molar-refractivity contribution >= 4 is 0 Å². The Kier molecular flexibility index (Phi) is 6.25. The van der Waals surface area contributed by atoms with Crippen molar-refractivity contribution in [1.82, 2.24) is 10.2 Å². The van der Waals surface area contributed by atoms with Gasteiger partial charge in [-0.05, 0) is 38.4 Å². The molecule has 2 rings (SSSR count). The van der Waals surface area contributed by atoms with Crippen LogP contribution in [0.1, 0.15) is 51.5 Å². The average Bonchev–Trinajstić information content (AvgIpc) is 2.73. The molecule has 1 aliphatic rings. The molecule has 2 heteroatoms. The van der Waals surface area contributed by atoms with Gasteiger partial charge in [-0.25, -0.2) is 0 Å². The lowest BCUT2D eigenvalue weighted by Crippen LogP contribution is -2.48. The van der Waals surface area contributed by atoms with Crippen LogP contribution in [0, 0.1) is 0 Å². The van der Waals surface area contributed by atoms with Gasteiger partial charge < -0.3 is 5.32 Å². The number of hydrogen-bond acceptors (Lipinski definition) is 2. The molecule has 1 aliphatic heterocycles. The summed E-state index contributed by atoms with van der Waals surface area (Å²) in [5, 5.41) is 3.42. The lowest BCUT2D eigenvalue weighted by molar-refractivity contribution is 0.153. The topological polar surface area (TPSA) is 15.3 Å². The summed E-state index contributed by atoms with van der Waals surface area (Å²) in [6.07, 6.45) is 6.83. The first-order valence-corrected chi connectivity index (χ1v) is 8.64. The van der Waals surface area contributed by atoms with E-state index in [9.17, 15) is 0 Å². The van der Waals surface area contributed by atoms with Crippen LogP contribution in [0.3, 0.4) is 0 Å². The van der Waals surface area contributed by atoms with E-state index >= 15 is 0 Å². The van der Waals surface area contributed by atoms with Gasteiger partial charge >= 0.3 is 0 Å². The third-order valence-corrected chi connectivity index (χ3v) is 5.06. The fourth-order valence-electron chi connectivity index (χ4n) is 3.84. The number of hydrogen-bond donors (Lipinski definition) is 1. The smallest absolute Gasteiger partial charge is 0.0177 e. The van der Waals surface area contributed by atoms with Crippen molar-refractivity contribution in [3.63, 3.8) is 0 Å². The Hall–Kier alpha value is -0.860. The first-order valence-electron chi connectivity index (χ1n) is 8.64. The van der Waals surface area contributed by atoms with E-state index in [4.69, 9.17) is 0 Å². The van der Waals surface area contributed by atoms with Crippen LogP contribution < -0.4 is 5.32 Å². The van der Waals surface area contributed by atoms with Crippen molar-refractivity contribution in [2.75, 3.05) is 26.7 Å². The van der Waals surface area contributed by atoms with Gasteiger partial charge in [0.05, 0.1) is 0 Å². The van der Waals surface area contributed by atoms with Crippen LogP contribution in [0.2, 0.25) is 0 Å². The van der Waals surface area contributed by atoms with Gasteiger partial charge in [0, 0.05) is 24.5 Å². The molecule has 2 atom stereocenters. The number of nitrogens with zero attached hydrogens (tertiary/aromatic N) is 1. The SMILES string of the molecule is CCC1CCCCCN1CC(C)(CNC)c1ccccc1. The van der Waals surface area contributed by atoms with Crippen LogP contribution in [-0.2, 0) is 5.41 Å². The molecule has 0 spiro atoms. The van der Waals surface area contributed by atoms with E-state index in [1.165, 1.54) is 44.2 Å². The summed E-state index contributed by atoms with van der Waals surface area (Å²) in [5.41, 5.74) is 1.65. The third-order valence-electron chi connectivity index (χ3n) is 5.06. The number of rotatable bonds is 6. The van der Waals surface area contributed by atoms with Gasteiger partial charge in [0.25, 0.3) is 0 Å². The summed E-state index contributed by atoms with van der Waals surface area (Å²) in [5.74, 6) is 0. The quantitative estimate of drug-likeness (QED) is 0.856. The molecule has 0 bridgehead atoms. The maximum Gasteiger partial charge on any atom is 0.0177 e. The Morgan fingerprint density at radius 3 is 2.62 bits per heavy atom. The molecule has 1 heterocycles. The molecular weight excluding hydrogens is 256 g/mol. The molecular formula is C19H32N2. The molecule has 0 amide bonds. The van der Waals surface area contributed by atoms with E-state index in [0.717, 1.165) is 19.1 Å². The fourth-order valence-corrected chi connectivity index (χ4v) is 3.84. The van der Waals surface area contributed by atoms with Gasteiger partial charge in [-0.2, -0.15) is 0 Å². The predicted molar refractivity (Wildman–Crippen MR) is 91.8 cm³/mol. The number of likely N-dealkylation sites (N-methyl/N-ethyl adjacent to an activating group) is 1. The first-order chi connectivity index (χ1) is 10.2. The van der Waals surface area contributed by atoms with Crippen molar-refractivity contribution in [2.45, 2.75) is 57.4 Å². The molecule has 2 unspecified atom stereocenters. The van der Waals surface area contributed by atoms with Gasteiger partial charge in [0.15, 0.2) is 0 Å². The zero-order chi connectivity index (χ0) is 15.1. The predicted octanol–water partition coefficient (Wildman–Crippen LogP) is 3.82. The van der Waals surface area contributed by atoms with E-state index in [0.29, 0.717) is 0 Å². The Bertz CT molecular complexity index is 403. The molecule has 0 aromatic heterocycles. The largest absolute Gasteiger partial charge is 0.319 e. The molecule has 21 heavy (non-hydrogen) atoms. The van der Waals surface area contributed by atoms with Gasteiger partial charge in [-0.15, -0.1) is 0 Å². The average molecular weight is 288 g/mol. The molecule has 118 valence electrons. The molecule has 1 N–H and O–H groups in total. The number of likely N-dealkylation sites (tertiary alicyclic amines) is 1. The molecule has 2 nitrogen and oxygen atoms in total. The minimum atomic E-state index is 0.188. The zero-order valence-corrected chi connectivity index (χ0v) is 14.1. The van der Waals surface area contributed by atoms with E-state index < -0.39 is 0 Å². The fraction of sp³-hybridized carbons (Fsp3) is 0.684. The van der Waals surface area contributed by atoms with E-state index in [1.54, 1.807) is 0 Å². The Morgan fingerprint density at radius 2 is 1.95 bits per heavy atom. The highest BCUT2D eigenvalue weighted by Crippen LogP contribution is 2.28. The summed E-state index contributed by atoms with van der Waals surface area (Å²) in [7, 11) is 2.07. The van der Waals surface area contributed by atoms with Crippen molar-refractivity contribution in [2.24, 2.45) is 0 Å². The minimum Gasteiger partial charge on any atom is -0.319 e. The van der Waals surface area contributed by atoms with Gasteiger partial charge in [-0.3, -0.25) is 4.90 Å². The summed E-state index contributed by atoms with van der Waals surface area (Å²) < 4.78 is 0. The Labute approximate surface area is 130 Å². The minimum absolute atomic E-state index is 0.188. The molecule has 1 fully saturated rings. The highest BCUT2D eigenvalue weighted by atomic mass is 15.2. The van der Waals surface area contributed by atoms with E-state index in [-0.39, 0.29) is 5.41 Å². The monoisotopic (exact) mass is 288 g/mol. The molecule has 0 aliphatic carbocycles. The maximum atomic E-state index is 3.42. The van der Waals surface area contributed by atoms with Crippen LogP contribution >= 0.6 is 0 Å². The molecule has 1 aromatic rings. The Morgan fingerprint density at radius 1 is 1.19 bits per heavy atom. The van der Waals surface area contributed by atoms with Gasteiger partial charge in [0.2, 0.25) is 0 Å². The lowest BCUT2D eigenvalue weighted by atomic mass is 9.81. The summed E-state index contributed by atoms with van der Waals surface area (Å²) in [6.45, 7) is 8.22. The first kappa shape index (κ1) is 16.5. The second-order valence-corrected chi connectivity index (χ2v) is 6.84. The van der Waals surface area contributed by atoms with Crippen LogP contribution in [0.25, 0.3) is 0 Å². The molecule has 0 saturated carbocycles. The third kappa shape index (κ3) is 4.31. The van der Waals surface area contributed by atoms with Crippen LogP contribution in [0.5, 0.6) is 0 Å². The van der Waals surface area contributed by atoms with Crippen molar-refractivity contribution in [1.29, 1.82) is 0 Å². The van der Waals surface area contributed by atoms with Crippen LogP contribution in [0.15, 0.2) is 30.3 Å². The van der Waals surface area contributed by atoms with E-state index in [2.05, 4.69) is 61.4 Å². The summed E-state index contributed by atoms with van der Waals surface area (Å²) in [6, 6.07) is 11.8. The lowest BCUT2D eigenvalue weighted by Gasteiger charge is -2.39. The second-order valence-electron chi connectivity index (χ2n) is 6.84. The Balaban J connectivity index is 2.17. The highest BCUT2D eigenvalue weighted by Gasteiger charge is 2.31. The number of nitrogens with one attached hydrogen (secondary N) is 1. The number of benzene rings is 1. The summed E-state index contributed by atoms with van der Waals surface area (Å²) in [4.78, 5) is 2.76. The molecule has 1 saturated heterocycles. The normalized spacial score (nSPS) is 23.5. The van der Waals surface area contributed by atoms with Crippen molar-refractivity contribution in [3.8, 4) is 0 Å². The van der Waals surface area contributed by atoms with Gasteiger partial charge in [0.1, 0.15) is 0 Å². The highest BCUT2D eigenvalue weighted by molar-refractivity contribution is 5.25. The van der Waals surface area contributed by atoms with E-state index in [1.807, 2.05) is 0 Å². The second kappa shape index (κ2) is 7.95.